The van der Waals surface area contributed by atoms with Gasteiger partial charge < -0.3 is 10.6 Å². The van der Waals surface area contributed by atoms with E-state index in [1.54, 1.807) is 0 Å². The molecule has 1 aliphatic heterocycles. The molecule has 0 amide bonds. The highest BCUT2D eigenvalue weighted by Crippen LogP contribution is 2.38. The third-order valence-electron chi connectivity index (χ3n) is 3.78. The van der Waals surface area contributed by atoms with Crippen LogP contribution in [0.2, 0.25) is 0 Å². The van der Waals surface area contributed by atoms with E-state index >= 15 is 0 Å². The maximum Gasteiger partial charge on any atom is 0.0672 e. The third-order valence-corrected chi connectivity index (χ3v) is 3.78. The molecular weight excluding hydrogens is 212 g/mol. The number of nitrogens with one attached hydrogen (secondary N) is 1. The molecule has 0 bridgehead atoms. The summed E-state index contributed by atoms with van der Waals surface area (Å²) in [5.74, 6) is 0. The molecule has 2 heterocycles. The molecule has 0 saturated carbocycles. The molecule has 0 radical (unpaired) electrons. The number of hydrogen-bond acceptors (Lipinski definition) is 3. The van der Waals surface area contributed by atoms with Crippen LogP contribution < -0.4 is 10.6 Å². The summed E-state index contributed by atoms with van der Waals surface area (Å²) in [6.07, 6.45) is 4.26. The summed E-state index contributed by atoms with van der Waals surface area (Å²) >= 11 is 0. The molecule has 2 aromatic rings. The molecule has 1 aromatic carbocycles. The first-order valence-electron chi connectivity index (χ1n) is 6.08. The van der Waals surface area contributed by atoms with Crippen molar-refractivity contribution in [3.63, 3.8) is 0 Å². The SMILES string of the molecule is CC1(C)CCCN1c1cc2[nH]ncc2cc1N. The maximum atomic E-state index is 6.16. The number of nitrogens with two attached hydrogens (primary N) is 1. The highest BCUT2D eigenvalue weighted by Gasteiger charge is 2.33. The highest BCUT2D eigenvalue weighted by molar-refractivity contribution is 5.89. The van der Waals surface area contributed by atoms with Crippen LogP contribution in [-0.4, -0.2) is 22.3 Å². The Morgan fingerprint density at radius 3 is 2.94 bits per heavy atom. The van der Waals surface area contributed by atoms with E-state index in [2.05, 4.69) is 35.0 Å². The fourth-order valence-electron chi connectivity index (χ4n) is 2.79. The second-order valence-electron chi connectivity index (χ2n) is 5.44. The Balaban J connectivity index is 2.13. The second-order valence-corrected chi connectivity index (χ2v) is 5.44. The Labute approximate surface area is 101 Å². The van der Waals surface area contributed by atoms with Gasteiger partial charge in [-0.3, -0.25) is 5.10 Å². The number of hydrogen-bond donors (Lipinski definition) is 2. The number of fused-ring (bicyclic) bond motifs is 1. The van der Waals surface area contributed by atoms with Crippen LogP contribution in [0.25, 0.3) is 10.9 Å². The second kappa shape index (κ2) is 3.39. The largest absolute Gasteiger partial charge is 0.397 e. The number of anilines is 2. The summed E-state index contributed by atoms with van der Waals surface area (Å²) in [5, 5.41) is 8.13. The number of nitrogen functional groups attached to an aromatic ring is 1. The van der Waals surface area contributed by atoms with Gasteiger partial charge in [-0.05, 0) is 38.8 Å². The average Bonchev–Trinajstić information content (AvgIpc) is 2.82. The minimum absolute atomic E-state index is 0.196. The lowest BCUT2D eigenvalue weighted by molar-refractivity contribution is 0.518. The number of H-pyrrole nitrogens is 1. The van der Waals surface area contributed by atoms with E-state index in [-0.39, 0.29) is 5.54 Å². The van der Waals surface area contributed by atoms with Crippen LogP contribution in [-0.2, 0) is 0 Å². The molecule has 0 atom stereocenters. The molecule has 0 spiro atoms. The highest BCUT2D eigenvalue weighted by atomic mass is 15.2. The summed E-state index contributed by atoms with van der Waals surface area (Å²) in [7, 11) is 0. The molecular formula is C13H18N4. The van der Waals surface area contributed by atoms with Crippen LogP contribution in [0.1, 0.15) is 26.7 Å². The van der Waals surface area contributed by atoms with Crippen molar-refractivity contribution < 1.29 is 0 Å². The number of aromatic nitrogens is 2. The topological polar surface area (TPSA) is 57.9 Å². The Kier molecular flexibility index (Phi) is 2.08. The number of nitrogens with zero attached hydrogens (tertiary/aromatic N) is 2. The zero-order valence-electron chi connectivity index (χ0n) is 10.3. The molecule has 4 heteroatoms. The molecule has 4 nitrogen and oxygen atoms in total. The zero-order chi connectivity index (χ0) is 12.0. The Morgan fingerprint density at radius 1 is 1.41 bits per heavy atom. The van der Waals surface area contributed by atoms with Gasteiger partial charge >= 0.3 is 0 Å². The van der Waals surface area contributed by atoms with Crippen molar-refractivity contribution in [3.8, 4) is 0 Å². The van der Waals surface area contributed by atoms with E-state index in [4.69, 9.17) is 5.73 Å². The molecule has 1 fully saturated rings. The number of rotatable bonds is 1. The number of aromatic amines is 1. The predicted molar refractivity (Wildman–Crippen MR) is 71.2 cm³/mol. The first-order valence-corrected chi connectivity index (χ1v) is 6.08. The lowest BCUT2D eigenvalue weighted by Crippen LogP contribution is -2.38. The van der Waals surface area contributed by atoms with Gasteiger partial charge in [0, 0.05) is 17.5 Å². The van der Waals surface area contributed by atoms with Crippen LogP contribution in [0.3, 0.4) is 0 Å². The van der Waals surface area contributed by atoms with E-state index < -0.39 is 0 Å². The Hall–Kier alpha value is -1.71. The van der Waals surface area contributed by atoms with Crippen molar-refractivity contribution >= 4 is 22.3 Å². The van der Waals surface area contributed by atoms with E-state index in [0.717, 1.165) is 28.8 Å². The zero-order valence-corrected chi connectivity index (χ0v) is 10.3. The third kappa shape index (κ3) is 1.55. The van der Waals surface area contributed by atoms with Crippen molar-refractivity contribution in [1.29, 1.82) is 0 Å². The van der Waals surface area contributed by atoms with Crippen molar-refractivity contribution in [2.75, 3.05) is 17.2 Å². The smallest absolute Gasteiger partial charge is 0.0672 e. The van der Waals surface area contributed by atoms with E-state index in [1.165, 1.54) is 12.8 Å². The molecule has 3 N–H and O–H groups in total. The molecule has 1 aliphatic rings. The quantitative estimate of drug-likeness (QED) is 0.740. The fourth-order valence-corrected chi connectivity index (χ4v) is 2.79. The van der Waals surface area contributed by atoms with Crippen LogP contribution in [0.5, 0.6) is 0 Å². The van der Waals surface area contributed by atoms with Gasteiger partial charge in [0.15, 0.2) is 0 Å². The van der Waals surface area contributed by atoms with E-state index in [9.17, 15) is 0 Å². The van der Waals surface area contributed by atoms with Crippen molar-refractivity contribution in [2.24, 2.45) is 0 Å². The first-order chi connectivity index (χ1) is 8.08. The lowest BCUT2D eigenvalue weighted by atomic mass is 10.0. The molecule has 1 saturated heterocycles. The molecule has 0 unspecified atom stereocenters. The van der Waals surface area contributed by atoms with Gasteiger partial charge in [0.2, 0.25) is 0 Å². The van der Waals surface area contributed by atoms with Gasteiger partial charge in [0.05, 0.1) is 23.1 Å². The van der Waals surface area contributed by atoms with Crippen molar-refractivity contribution in [2.45, 2.75) is 32.2 Å². The van der Waals surface area contributed by atoms with Crippen LogP contribution >= 0.6 is 0 Å². The van der Waals surface area contributed by atoms with Crippen LogP contribution in [0.15, 0.2) is 18.3 Å². The summed E-state index contributed by atoms with van der Waals surface area (Å²) in [6, 6.07) is 4.12. The summed E-state index contributed by atoms with van der Waals surface area (Å²) in [5.41, 5.74) is 9.38. The first kappa shape index (κ1) is 10.4. The van der Waals surface area contributed by atoms with Gasteiger partial charge in [-0.1, -0.05) is 0 Å². The van der Waals surface area contributed by atoms with Crippen LogP contribution in [0.4, 0.5) is 11.4 Å². The molecule has 17 heavy (non-hydrogen) atoms. The van der Waals surface area contributed by atoms with Gasteiger partial charge in [-0.2, -0.15) is 5.10 Å². The number of benzene rings is 1. The van der Waals surface area contributed by atoms with Crippen molar-refractivity contribution in [3.05, 3.63) is 18.3 Å². The van der Waals surface area contributed by atoms with Gasteiger partial charge in [0.25, 0.3) is 0 Å². The lowest BCUT2D eigenvalue weighted by Gasteiger charge is -2.34. The summed E-state index contributed by atoms with van der Waals surface area (Å²) in [6.45, 7) is 5.63. The Bertz CT molecular complexity index is 556. The average molecular weight is 230 g/mol. The normalized spacial score (nSPS) is 19.1. The van der Waals surface area contributed by atoms with E-state index in [1.807, 2.05) is 12.3 Å². The fraction of sp³-hybridized carbons (Fsp3) is 0.462. The van der Waals surface area contributed by atoms with Gasteiger partial charge in [0.1, 0.15) is 0 Å². The van der Waals surface area contributed by atoms with E-state index in [0.29, 0.717) is 0 Å². The van der Waals surface area contributed by atoms with Crippen LogP contribution in [0, 0.1) is 0 Å². The minimum Gasteiger partial charge on any atom is -0.397 e. The predicted octanol–water partition coefficient (Wildman–Crippen LogP) is 2.52. The van der Waals surface area contributed by atoms with Gasteiger partial charge in [-0.25, -0.2) is 0 Å². The molecule has 90 valence electrons. The summed E-state index contributed by atoms with van der Waals surface area (Å²) < 4.78 is 0. The van der Waals surface area contributed by atoms with Gasteiger partial charge in [-0.15, -0.1) is 0 Å². The summed E-state index contributed by atoms with van der Waals surface area (Å²) in [4.78, 5) is 2.41. The standard InChI is InChI=1S/C13H18N4/c1-13(2)4-3-5-17(13)12-7-11-9(6-10(12)14)8-15-16-11/h6-8H,3-5,14H2,1-2H3,(H,15,16). The molecule has 1 aromatic heterocycles. The Morgan fingerprint density at radius 2 is 2.24 bits per heavy atom. The minimum atomic E-state index is 0.196. The molecule has 0 aliphatic carbocycles. The maximum absolute atomic E-state index is 6.16. The van der Waals surface area contributed by atoms with Crippen molar-refractivity contribution in [1.82, 2.24) is 10.2 Å². The molecule has 3 rings (SSSR count). The monoisotopic (exact) mass is 230 g/mol.